The van der Waals surface area contributed by atoms with E-state index in [9.17, 15) is 4.79 Å². The molecule has 0 aliphatic carbocycles. The molecule has 0 saturated carbocycles. The highest BCUT2D eigenvalue weighted by molar-refractivity contribution is 5.91. The Kier molecular flexibility index (Phi) is 4.15. The second-order valence-corrected chi connectivity index (χ2v) is 5.94. The van der Waals surface area contributed by atoms with Crippen molar-refractivity contribution in [3.63, 3.8) is 0 Å². The number of imidazole rings is 1. The number of aromatic nitrogens is 4. The highest BCUT2D eigenvalue weighted by Crippen LogP contribution is 2.23. The summed E-state index contributed by atoms with van der Waals surface area (Å²) in [4.78, 5) is 26.0. The molecular formula is C20H17N5O. The van der Waals surface area contributed by atoms with Crippen molar-refractivity contribution in [3.8, 4) is 11.5 Å². The topological polar surface area (TPSA) is 72.7 Å². The third-order valence-corrected chi connectivity index (χ3v) is 4.01. The Morgan fingerprint density at radius 2 is 1.85 bits per heavy atom. The molecule has 0 radical (unpaired) electrons. The van der Waals surface area contributed by atoms with E-state index in [1.54, 1.807) is 12.3 Å². The maximum absolute atomic E-state index is 12.6. The number of anilines is 1. The van der Waals surface area contributed by atoms with E-state index in [4.69, 9.17) is 0 Å². The Bertz CT molecular complexity index is 1070. The molecule has 3 heterocycles. The fourth-order valence-electron chi connectivity index (χ4n) is 2.86. The summed E-state index contributed by atoms with van der Waals surface area (Å²) in [6, 6.07) is 18.9. The standard InChI is InChI=1S/C20H17N5O/c1-14-7-6-11-18(22-14)24-19(26)13-25-17-10-3-2-8-15(17)23-20(25)16-9-4-5-12-21-16/h2-12H,13H2,1H3,(H,22,24,26). The number of carbonyl (C=O) groups is 1. The SMILES string of the molecule is Cc1cccc(NC(=O)Cn2c(-c3ccccn3)nc3ccccc32)n1. The first kappa shape index (κ1) is 16.0. The molecule has 0 atom stereocenters. The van der Waals surface area contributed by atoms with E-state index in [-0.39, 0.29) is 12.5 Å². The van der Waals surface area contributed by atoms with Crippen LogP contribution in [0, 0.1) is 6.92 Å². The van der Waals surface area contributed by atoms with E-state index in [0.717, 1.165) is 22.4 Å². The molecule has 128 valence electrons. The highest BCUT2D eigenvalue weighted by Gasteiger charge is 2.16. The second-order valence-electron chi connectivity index (χ2n) is 5.94. The van der Waals surface area contributed by atoms with Crippen LogP contribution in [0.2, 0.25) is 0 Å². The second kappa shape index (κ2) is 6.76. The molecule has 0 unspecified atom stereocenters. The molecule has 6 nitrogen and oxygen atoms in total. The van der Waals surface area contributed by atoms with Crippen molar-refractivity contribution in [2.75, 3.05) is 5.32 Å². The average molecular weight is 343 g/mol. The molecule has 3 aromatic heterocycles. The number of pyridine rings is 2. The van der Waals surface area contributed by atoms with Crippen molar-refractivity contribution in [3.05, 3.63) is 72.6 Å². The van der Waals surface area contributed by atoms with Gasteiger partial charge in [-0.25, -0.2) is 9.97 Å². The van der Waals surface area contributed by atoms with Crippen LogP contribution in [0.15, 0.2) is 66.9 Å². The lowest BCUT2D eigenvalue weighted by molar-refractivity contribution is -0.116. The van der Waals surface area contributed by atoms with E-state index in [1.807, 2.05) is 66.1 Å². The Morgan fingerprint density at radius 1 is 1.00 bits per heavy atom. The summed E-state index contributed by atoms with van der Waals surface area (Å²) < 4.78 is 1.88. The number of benzene rings is 1. The van der Waals surface area contributed by atoms with Crippen LogP contribution >= 0.6 is 0 Å². The summed E-state index contributed by atoms with van der Waals surface area (Å²) in [6.45, 7) is 2.01. The maximum Gasteiger partial charge on any atom is 0.245 e. The Balaban J connectivity index is 1.70. The summed E-state index contributed by atoms with van der Waals surface area (Å²) in [5.41, 5.74) is 3.30. The Hall–Kier alpha value is -3.54. The molecule has 4 aromatic rings. The number of para-hydroxylation sites is 2. The quantitative estimate of drug-likeness (QED) is 0.616. The zero-order valence-corrected chi connectivity index (χ0v) is 14.3. The normalized spacial score (nSPS) is 10.8. The number of carbonyl (C=O) groups excluding carboxylic acids is 1. The molecule has 0 bridgehead atoms. The van der Waals surface area contributed by atoms with Gasteiger partial charge in [0.1, 0.15) is 18.1 Å². The summed E-state index contributed by atoms with van der Waals surface area (Å²) in [6.07, 6.45) is 1.72. The number of nitrogens with one attached hydrogen (secondary N) is 1. The van der Waals surface area contributed by atoms with Crippen LogP contribution in [0.5, 0.6) is 0 Å². The van der Waals surface area contributed by atoms with Gasteiger partial charge in [-0.1, -0.05) is 24.3 Å². The monoisotopic (exact) mass is 343 g/mol. The van der Waals surface area contributed by atoms with E-state index in [2.05, 4.69) is 20.3 Å². The average Bonchev–Trinajstić information content (AvgIpc) is 3.01. The van der Waals surface area contributed by atoms with Crippen molar-refractivity contribution in [2.24, 2.45) is 0 Å². The van der Waals surface area contributed by atoms with Gasteiger partial charge in [0.25, 0.3) is 0 Å². The highest BCUT2D eigenvalue weighted by atomic mass is 16.2. The molecule has 1 N–H and O–H groups in total. The molecule has 6 heteroatoms. The Morgan fingerprint density at radius 3 is 2.65 bits per heavy atom. The van der Waals surface area contributed by atoms with Crippen LogP contribution < -0.4 is 5.32 Å². The number of rotatable bonds is 4. The Labute approximate surface area is 150 Å². The third-order valence-electron chi connectivity index (χ3n) is 4.01. The number of amides is 1. The lowest BCUT2D eigenvalue weighted by Gasteiger charge is -2.09. The zero-order valence-electron chi connectivity index (χ0n) is 14.3. The summed E-state index contributed by atoms with van der Waals surface area (Å²) in [5, 5.41) is 2.85. The van der Waals surface area contributed by atoms with Gasteiger partial charge >= 0.3 is 0 Å². The predicted molar refractivity (Wildman–Crippen MR) is 101 cm³/mol. The predicted octanol–water partition coefficient (Wildman–Crippen LogP) is 3.44. The smallest absolute Gasteiger partial charge is 0.245 e. The van der Waals surface area contributed by atoms with Crippen molar-refractivity contribution in [1.82, 2.24) is 19.5 Å². The number of aryl methyl sites for hydroxylation is 1. The van der Waals surface area contributed by atoms with Gasteiger partial charge in [0, 0.05) is 11.9 Å². The maximum atomic E-state index is 12.6. The number of nitrogens with zero attached hydrogens (tertiary/aromatic N) is 4. The van der Waals surface area contributed by atoms with E-state index < -0.39 is 0 Å². The van der Waals surface area contributed by atoms with Crippen molar-refractivity contribution in [1.29, 1.82) is 0 Å². The van der Waals surface area contributed by atoms with Crippen LogP contribution in [0.3, 0.4) is 0 Å². The first-order valence-electron chi connectivity index (χ1n) is 8.31. The summed E-state index contributed by atoms with van der Waals surface area (Å²) in [7, 11) is 0. The van der Waals surface area contributed by atoms with Crippen molar-refractivity contribution in [2.45, 2.75) is 13.5 Å². The third kappa shape index (κ3) is 3.17. The lowest BCUT2D eigenvalue weighted by Crippen LogP contribution is -2.20. The minimum absolute atomic E-state index is 0.127. The fraction of sp³-hybridized carbons (Fsp3) is 0.100. The van der Waals surface area contributed by atoms with Gasteiger partial charge in [-0.05, 0) is 43.3 Å². The van der Waals surface area contributed by atoms with Crippen molar-refractivity contribution >= 4 is 22.8 Å². The van der Waals surface area contributed by atoms with Gasteiger partial charge in [0.2, 0.25) is 5.91 Å². The molecule has 4 rings (SSSR count). The van der Waals surface area contributed by atoms with Crippen LogP contribution in [-0.4, -0.2) is 25.4 Å². The molecule has 0 aliphatic rings. The molecule has 1 amide bonds. The first-order chi connectivity index (χ1) is 12.7. The van der Waals surface area contributed by atoms with E-state index >= 15 is 0 Å². The number of hydrogen-bond acceptors (Lipinski definition) is 4. The molecule has 0 saturated heterocycles. The molecular weight excluding hydrogens is 326 g/mol. The summed E-state index contributed by atoms with van der Waals surface area (Å²) in [5.74, 6) is 1.04. The molecule has 26 heavy (non-hydrogen) atoms. The molecule has 1 aromatic carbocycles. The van der Waals surface area contributed by atoms with Crippen LogP contribution in [-0.2, 0) is 11.3 Å². The summed E-state index contributed by atoms with van der Waals surface area (Å²) >= 11 is 0. The van der Waals surface area contributed by atoms with Crippen LogP contribution in [0.25, 0.3) is 22.6 Å². The van der Waals surface area contributed by atoms with Gasteiger partial charge in [-0.3, -0.25) is 9.78 Å². The first-order valence-corrected chi connectivity index (χ1v) is 8.31. The van der Waals surface area contributed by atoms with Crippen molar-refractivity contribution < 1.29 is 4.79 Å². The van der Waals surface area contributed by atoms with Gasteiger partial charge in [-0.15, -0.1) is 0 Å². The lowest BCUT2D eigenvalue weighted by atomic mass is 10.3. The van der Waals surface area contributed by atoms with Gasteiger partial charge in [0.05, 0.1) is 11.0 Å². The van der Waals surface area contributed by atoms with E-state index in [0.29, 0.717) is 11.6 Å². The fourth-order valence-corrected chi connectivity index (χ4v) is 2.86. The molecule has 0 spiro atoms. The van der Waals surface area contributed by atoms with Crippen LogP contribution in [0.4, 0.5) is 5.82 Å². The number of fused-ring (bicyclic) bond motifs is 1. The van der Waals surface area contributed by atoms with Gasteiger partial charge in [0.15, 0.2) is 5.82 Å². The van der Waals surface area contributed by atoms with Crippen LogP contribution in [0.1, 0.15) is 5.69 Å². The van der Waals surface area contributed by atoms with Gasteiger partial charge < -0.3 is 9.88 Å². The minimum atomic E-state index is -0.163. The number of hydrogen-bond donors (Lipinski definition) is 1. The zero-order chi connectivity index (χ0) is 17.9. The largest absolute Gasteiger partial charge is 0.313 e. The molecule has 0 aliphatic heterocycles. The minimum Gasteiger partial charge on any atom is -0.313 e. The molecule has 0 fully saturated rings. The van der Waals surface area contributed by atoms with E-state index in [1.165, 1.54) is 0 Å². The van der Waals surface area contributed by atoms with Gasteiger partial charge in [-0.2, -0.15) is 0 Å².